The summed E-state index contributed by atoms with van der Waals surface area (Å²) < 4.78 is 16.0. The summed E-state index contributed by atoms with van der Waals surface area (Å²) in [6.07, 6.45) is 8.71. The Morgan fingerprint density at radius 2 is 2.16 bits per heavy atom. The number of hydrogen-bond acceptors (Lipinski definition) is 5. The maximum atomic E-state index is 15.1. The van der Waals surface area contributed by atoms with E-state index in [0.717, 1.165) is 40.1 Å². The number of nitrogens with zero attached hydrogens (tertiary/aromatic N) is 3. The molecule has 0 aliphatic carbocycles. The van der Waals surface area contributed by atoms with Gasteiger partial charge in [-0.2, -0.15) is 0 Å². The fourth-order valence-corrected chi connectivity index (χ4v) is 4.13. The monoisotopic (exact) mass is 399 g/mol. The molecule has 2 aromatic heterocycles. The summed E-state index contributed by atoms with van der Waals surface area (Å²) in [5.74, 6) is 0. The number of nitrogens with one attached hydrogen (secondary N) is 2. The van der Waals surface area contributed by atoms with Gasteiger partial charge in [-0.05, 0) is 0 Å². The predicted octanol–water partition coefficient (Wildman–Crippen LogP) is 1.73. The van der Waals surface area contributed by atoms with Gasteiger partial charge in [0.1, 0.15) is 0 Å². The average molecular weight is 399 g/mol. The molecular formula is C18H19AsFN5. The molecule has 0 bridgehead atoms. The molecule has 25 heavy (non-hydrogen) atoms. The zero-order valence-electron chi connectivity index (χ0n) is 13.7. The van der Waals surface area contributed by atoms with Crippen molar-refractivity contribution >= 4 is 32.7 Å². The van der Waals surface area contributed by atoms with Crippen molar-refractivity contribution in [1.29, 1.82) is 0 Å². The van der Waals surface area contributed by atoms with Gasteiger partial charge in [-0.25, -0.2) is 0 Å². The van der Waals surface area contributed by atoms with Crippen molar-refractivity contribution in [3.63, 3.8) is 0 Å². The Kier molecular flexibility index (Phi) is 4.48. The van der Waals surface area contributed by atoms with Crippen LogP contribution in [0.5, 0.6) is 0 Å². The summed E-state index contributed by atoms with van der Waals surface area (Å²) in [6, 6.07) is 5.87. The first-order chi connectivity index (χ1) is 12.1. The maximum absolute atomic E-state index is 15.1. The minimum atomic E-state index is -1.22. The van der Waals surface area contributed by atoms with E-state index in [2.05, 4.69) is 32.5 Å². The van der Waals surface area contributed by atoms with E-state index in [1.165, 1.54) is 0 Å². The topological polar surface area (TPSA) is 53.1 Å². The summed E-state index contributed by atoms with van der Waals surface area (Å²) in [5.41, 5.74) is 2.51. The number of hydrogen-bond donors (Lipinski definition) is 2. The van der Waals surface area contributed by atoms with E-state index in [1.54, 1.807) is 12.4 Å². The van der Waals surface area contributed by atoms with Crippen molar-refractivity contribution < 1.29 is 4.39 Å². The second kappa shape index (κ2) is 6.77. The summed E-state index contributed by atoms with van der Waals surface area (Å²) in [4.78, 5) is 10.7. The first-order valence-electron chi connectivity index (χ1n) is 8.39. The van der Waals surface area contributed by atoms with E-state index < -0.39 is 5.67 Å². The fraction of sp³-hybridized carbons (Fsp3) is 0.333. The Labute approximate surface area is 155 Å². The number of piperidine rings is 1. The van der Waals surface area contributed by atoms with Gasteiger partial charge in [-0.3, -0.25) is 0 Å². The third kappa shape index (κ3) is 3.42. The van der Waals surface area contributed by atoms with Crippen molar-refractivity contribution in [3.05, 3.63) is 43.0 Å². The first-order valence-corrected chi connectivity index (χ1v) is 9.32. The summed E-state index contributed by atoms with van der Waals surface area (Å²) in [6.45, 7) is 1.62. The third-order valence-corrected chi connectivity index (χ3v) is 5.26. The molecule has 0 amide bonds. The van der Waals surface area contributed by atoms with Gasteiger partial charge >= 0.3 is 155 Å². The van der Waals surface area contributed by atoms with Crippen LogP contribution in [0.2, 0.25) is 0 Å². The van der Waals surface area contributed by atoms with E-state index in [1.807, 2.05) is 35.5 Å². The van der Waals surface area contributed by atoms with Gasteiger partial charge in [0.15, 0.2) is 0 Å². The van der Waals surface area contributed by atoms with Crippen LogP contribution in [0.1, 0.15) is 12.8 Å². The van der Waals surface area contributed by atoms with Gasteiger partial charge in [0.25, 0.3) is 0 Å². The van der Waals surface area contributed by atoms with Crippen molar-refractivity contribution in [2.75, 3.05) is 29.9 Å². The second-order valence-electron chi connectivity index (χ2n) is 6.48. The van der Waals surface area contributed by atoms with Crippen molar-refractivity contribution in [3.8, 4) is 11.3 Å². The zero-order chi connectivity index (χ0) is 17.3. The Hall–Kier alpha value is -1.91. The summed E-state index contributed by atoms with van der Waals surface area (Å²) >= 11 is 2.51. The number of pyridine rings is 2. The van der Waals surface area contributed by atoms with E-state index in [4.69, 9.17) is 4.98 Å². The SMILES string of the molecule is FC1(CN2C=CNc3cc(-c4ccncc4)nc([As])c32)CCCNC1. The molecule has 2 aromatic rings. The number of fused-ring (bicyclic) bond motifs is 1. The average Bonchev–Trinajstić information content (AvgIpc) is 2.62. The van der Waals surface area contributed by atoms with Gasteiger partial charge in [-0.1, -0.05) is 0 Å². The molecule has 2 N–H and O–H groups in total. The molecule has 128 valence electrons. The van der Waals surface area contributed by atoms with E-state index in [9.17, 15) is 0 Å². The molecule has 2 radical (unpaired) electrons. The predicted molar refractivity (Wildman–Crippen MR) is 98.9 cm³/mol. The number of halogens is 1. The second-order valence-corrected chi connectivity index (χ2v) is 7.37. The van der Waals surface area contributed by atoms with E-state index in [0.29, 0.717) is 19.5 Å². The van der Waals surface area contributed by atoms with Crippen molar-refractivity contribution in [1.82, 2.24) is 15.3 Å². The fourth-order valence-electron chi connectivity index (χ4n) is 3.38. The van der Waals surface area contributed by atoms with Crippen LogP contribution in [-0.2, 0) is 0 Å². The Morgan fingerprint density at radius 1 is 1.32 bits per heavy atom. The van der Waals surface area contributed by atoms with Crippen LogP contribution in [-0.4, -0.2) is 52.1 Å². The van der Waals surface area contributed by atoms with Crippen LogP contribution in [0.3, 0.4) is 0 Å². The van der Waals surface area contributed by atoms with E-state index in [-0.39, 0.29) is 0 Å². The van der Waals surface area contributed by atoms with Gasteiger partial charge < -0.3 is 0 Å². The zero-order valence-corrected chi connectivity index (χ0v) is 15.6. The Balaban J connectivity index is 1.66. The summed E-state index contributed by atoms with van der Waals surface area (Å²) in [5, 5.41) is 6.43. The van der Waals surface area contributed by atoms with Crippen molar-refractivity contribution in [2.45, 2.75) is 18.5 Å². The van der Waals surface area contributed by atoms with Crippen LogP contribution in [0, 0.1) is 0 Å². The molecule has 1 saturated heterocycles. The Morgan fingerprint density at radius 3 is 2.92 bits per heavy atom. The molecule has 0 saturated carbocycles. The molecule has 2 aliphatic heterocycles. The molecule has 5 nitrogen and oxygen atoms in total. The standard InChI is InChI=1S/C18H19AsFN5/c19-17-16-15(10-14(24-17)13-2-6-21-7-3-13)23-8-9-25(16)12-18(20)4-1-5-22-11-18/h2-3,6-10,22-23H,1,4-5,11-12H2. The molecule has 0 spiro atoms. The molecule has 4 heterocycles. The molecule has 4 rings (SSSR count). The van der Waals surface area contributed by atoms with Crippen LogP contribution in [0.25, 0.3) is 11.3 Å². The van der Waals surface area contributed by atoms with E-state index >= 15 is 4.39 Å². The minimum absolute atomic E-state index is 0.326. The van der Waals surface area contributed by atoms with Crippen LogP contribution in [0.4, 0.5) is 15.8 Å². The molecule has 1 fully saturated rings. The quantitative estimate of drug-likeness (QED) is 0.771. The van der Waals surface area contributed by atoms with Crippen LogP contribution >= 0.6 is 0 Å². The van der Waals surface area contributed by atoms with Gasteiger partial charge in [0.2, 0.25) is 0 Å². The molecule has 0 aromatic carbocycles. The Bertz CT molecular complexity index is 790. The summed E-state index contributed by atoms with van der Waals surface area (Å²) in [7, 11) is 0. The van der Waals surface area contributed by atoms with Gasteiger partial charge in [-0.15, -0.1) is 0 Å². The number of rotatable bonds is 3. The molecule has 7 heteroatoms. The van der Waals surface area contributed by atoms with Crippen LogP contribution in [0.15, 0.2) is 43.0 Å². The molecule has 1 unspecified atom stereocenters. The number of alkyl halides is 1. The number of anilines is 2. The molecule has 2 aliphatic rings. The molecular weight excluding hydrogens is 380 g/mol. The third-order valence-electron chi connectivity index (χ3n) is 4.60. The van der Waals surface area contributed by atoms with Crippen LogP contribution < -0.4 is 20.0 Å². The van der Waals surface area contributed by atoms with Crippen molar-refractivity contribution in [2.24, 2.45) is 0 Å². The number of aromatic nitrogens is 2. The first kappa shape index (κ1) is 16.6. The molecule has 1 atom stereocenters. The van der Waals surface area contributed by atoms with Gasteiger partial charge in [0, 0.05) is 0 Å². The normalized spacial score (nSPS) is 22.4. The van der Waals surface area contributed by atoms with Gasteiger partial charge in [0.05, 0.1) is 0 Å².